The van der Waals surface area contributed by atoms with Crippen molar-refractivity contribution in [1.82, 2.24) is 10.3 Å². The maximum Gasteiger partial charge on any atom is 0.417 e. The molecule has 1 amide bonds. The molecule has 6 heteroatoms. The lowest BCUT2D eigenvalue weighted by Crippen LogP contribution is -2.34. The molecule has 2 aromatic rings. The lowest BCUT2D eigenvalue weighted by atomic mass is 10.1. The highest BCUT2D eigenvalue weighted by Crippen LogP contribution is 2.12. The molecule has 0 fully saturated rings. The van der Waals surface area contributed by atoms with Crippen LogP contribution in [0.2, 0.25) is 0 Å². The molecule has 4 N–H and O–H groups in total. The fraction of sp³-hybridized carbons (Fsp3) is 0.385. The van der Waals surface area contributed by atoms with Gasteiger partial charge in [0.15, 0.2) is 5.58 Å². The number of benzene rings is 1. The van der Waals surface area contributed by atoms with Gasteiger partial charge in [0, 0.05) is 19.0 Å². The fourth-order valence-corrected chi connectivity index (χ4v) is 1.76. The standard InChI is InChI=1S/C13H17N3O3/c1-8(7-14)12(17)15-5-4-9-2-3-10-11(6-9)19-13(18)16-10/h2-3,6,8H,4-5,7,14H2,1H3,(H,15,17)(H,16,18). The molecule has 6 nitrogen and oxygen atoms in total. The molecule has 1 unspecified atom stereocenters. The number of hydrogen-bond acceptors (Lipinski definition) is 4. The Labute approximate surface area is 110 Å². The molecule has 1 aromatic carbocycles. The highest BCUT2D eigenvalue weighted by Gasteiger charge is 2.09. The number of H-pyrrole nitrogens is 1. The number of rotatable bonds is 5. The van der Waals surface area contributed by atoms with Gasteiger partial charge in [0.05, 0.1) is 5.52 Å². The third kappa shape index (κ3) is 3.23. The zero-order valence-electron chi connectivity index (χ0n) is 10.7. The van der Waals surface area contributed by atoms with E-state index < -0.39 is 5.76 Å². The van der Waals surface area contributed by atoms with E-state index in [0.29, 0.717) is 30.6 Å². The van der Waals surface area contributed by atoms with Crippen LogP contribution < -0.4 is 16.8 Å². The lowest BCUT2D eigenvalue weighted by molar-refractivity contribution is -0.124. The van der Waals surface area contributed by atoms with Crippen molar-refractivity contribution in [2.75, 3.05) is 13.1 Å². The number of oxazole rings is 1. The van der Waals surface area contributed by atoms with Gasteiger partial charge in [-0.15, -0.1) is 0 Å². The molecular weight excluding hydrogens is 246 g/mol. The Bertz CT molecular complexity index is 629. The summed E-state index contributed by atoms with van der Waals surface area (Å²) in [7, 11) is 0. The SMILES string of the molecule is CC(CN)C(=O)NCCc1ccc2[nH]c(=O)oc2c1. The Morgan fingerprint density at radius 2 is 2.32 bits per heavy atom. The van der Waals surface area contributed by atoms with Crippen molar-refractivity contribution >= 4 is 17.0 Å². The Balaban J connectivity index is 1.94. The molecule has 0 aliphatic carbocycles. The summed E-state index contributed by atoms with van der Waals surface area (Å²) in [6, 6.07) is 5.48. The van der Waals surface area contributed by atoms with Crippen molar-refractivity contribution in [2.45, 2.75) is 13.3 Å². The number of aromatic amines is 1. The van der Waals surface area contributed by atoms with Crippen molar-refractivity contribution < 1.29 is 9.21 Å². The third-order valence-corrected chi connectivity index (χ3v) is 3.00. The minimum Gasteiger partial charge on any atom is -0.408 e. The van der Waals surface area contributed by atoms with Gasteiger partial charge in [-0.3, -0.25) is 9.78 Å². The van der Waals surface area contributed by atoms with Gasteiger partial charge in [0.2, 0.25) is 5.91 Å². The minimum absolute atomic E-state index is 0.0447. The average molecular weight is 263 g/mol. The molecule has 0 aliphatic rings. The van der Waals surface area contributed by atoms with Crippen LogP contribution in [0.5, 0.6) is 0 Å². The number of nitrogens with one attached hydrogen (secondary N) is 2. The largest absolute Gasteiger partial charge is 0.417 e. The van der Waals surface area contributed by atoms with Gasteiger partial charge in [0.1, 0.15) is 0 Å². The number of aromatic nitrogens is 1. The van der Waals surface area contributed by atoms with E-state index in [1.165, 1.54) is 0 Å². The predicted octanol–water partition coefficient (Wildman–Crippen LogP) is 0.375. The van der Waals surface area contributed by atoms with Gasteiger partial charge < -0.3 is 15.5 Å². The van der Waals surface area contributed by atoms with E-state index >= 15 is 0 Å². The molecule has 1 atom stereocenters. The first-order valence-corrected chi connectivity index (χ1v) is 6.19. The van der Waals surface area contributed by atoms with E-state index in [9.17, 15) is 9.59 Å². The first kappa shape index (κ1) is 13.4. The van der Waals surface area contributed by atoms with Crippen LogP contribution in [0.25, 0.3) is 11.1 Å². The second kappa shape index (κ2) is 5.71. The van der Waals surface area contributed by atoms with Gasteiger partial charge in [-0.1, -0.05) is 13.0 Å². The number of nitrogens with two attached hydrogens (primary N) is 1. The maximum atomic E-state index is 11.5. The maximum absolute atomic E-state index is 11.5. The van der Waals surface area contributed by atoms with Gasteiger partial charge >= 0.3 is 5.76 Å². The van der Waals surface area contributed by atoms with Crippen molar-refractivity contribution in [2.24, 2.45) is 11.7 Å². The minimum atomic E-state index is -0.461. The van der Waals surface area contributed by atoms with Crippen LogP contribution in [-0.2, 0) is 11.2 Å². The molecule has 1 heterocycles. The van der Waals surface area contributed by atoms with Crippen LogP contribution in [0, 0.1) is 5.92 Å². The van der Waals surface area contributed by atoms with Crippen LogP contribution in [0.4, 0.5) is 0 Å². The number of amides is 1. The summed E-state index contributed by atoms with van der Waals surface area (Å²) in [5.74, 6) is -0.681. The molecule has 0 aliphatic heterocycles. The third-order valence-electron chi connectivity index (χ3n) is 3.00. The van der Waals surface area contributed by atoms with Gasteiger partial charge in [0.25, 0.3) is 0 Å². The molecule has 0 spiro atoms. The second-order valence-electron chi connectivity index (χ2n) is 4.52. The summed E-state index contributed by atoms with van der Waals surface area (Å²) in [4.78, 5) is 25.1. The molecule has 1 aromatic heterocycles. The Kier molecular flexibility index (Phi) is 4.01. The highest BCUT2D eigenvalue weighted by atomic mass is 16.4. The van der Waals surface area contributed by atoms with Crippen molar-refractivity contribution in [3.8, 4) is 0 Å². The Morgan fingerprint density at radius 3 is 3.05 bits per heavy atom. The van der Waals surface area contributed by atoms with Crippen molar-refractivity contribution in [3.05, 3.63) is 34.3 Å². The van der Waals surface area contributed by atoms with Crippen LogP contribution >= 0.6 is 0 Å². The first-order chi connectivity index (χ1) is 9.10. The molecule has 102 valence electrons. The summed E-state index contributed by atoms with van der Waals surface area (Å²) in [5.41, 5.74) is 7.62. The monoisotopic (exact) mass is 263 g/mol. The van der Waals surface area contributed by atoms with E-state index in [1.807, 2.05) is 6.07 Å². The van der Waals surface area contributed by atoms with Crippen LogP contribution in [0.3, 0.4) is 0 Å². The highest BCUT2D eigenvalue weighted by molar-refractivity contribution is 5.78. The smallest absolute Gasteiger partial charge is 0.408 e. The van der Waals surface area contributed by atoms with Gasteiger partial charge in [-0.25, -0.2) is 4.79 Å². The summed E-state index contributed by atoms with van der Waals surface area (Å²) in [6.07, 6.45) is 0.674. The topological polar surface area (TPSA) is 101 Å². The number of fused-ring (bicyclic) bond motifs is 1. The van der Waals surface area contributed by atoms with E-state index in [1.54, 1.807) is 19.1 Å². The lowest BCUT2D eigenvalue weighted by Gasteiger charge is -2.09. The van der Waals surface area contributed by atoms with E-state index in [4.69, 9.17) is 10.2 Å². The Morgan fingerprint density at radius 1 is 1.53 bits per heavy atom. The zero-order chi connectivity index (χ0) is 13.8. The van der Waals surface area contributed by atoms with Crippen LogP contribution in [-0.4, -0.2) is 24.0 Å². The Hall–Kier alpha value is -2.08. The summed E-state index contributed by atoms with van der Waals surface area (Å²) < 4.78 is 4.98. The van der Waals surface area contributed by atoms with Gasteiger partial charge in [-0.05, 0) is 24.1 Å². The summed E-state index contributed by atoms with van der Waals surface area (Å²) in [5, 5.41) is 2.82. The molecular formula is C13H17N3O3. The summed E-state index contributed by atoms with van der Waals surface area (Å²) >= 11 is 0. The molecule has 2 rings (SSSR count). The van der Waals surface area contributed by atoms with Gasteiger partial charge in [-0.2, -0.15) is 0 Å². The molecule has 0 radical (unpaired) electrons. The average Bonchev–Trinajstić information content (AvgIpc) is 2.77. The van der Waals surface area contributed by atoms with E-state index in [-0.39, 0.29) is 11.8 Å². The number of hydrogen-bond donors (Lipinski definition) is 3. The van der Waals surface area contributed by atoms with E-state index in [0.717, 1.165) is 5.56 Å². The fourth-order valence-electron chi connectivity index (χ4n) is 1.76. The molecule has 19 heavy (non-hydrogen) atoms. The van der Waals surface area contributed by atoms with Crippen molar-refractivity contribution in [3.63, 3.8) is 0 Å². The van der Waals surface area contributed by atoms with E-state index in [2.05, 4.69) is 10.3 Å². The second-order valence-corrected chi connectivity index (χ2v) is 4.52. The normalized spacial score (nSPS) is 12.5. The molecule has 0 saturated heterocycles. The van der Waals surface area contributed by atoms with Crippen LogP contribution in [0.15, 0.2) is 27.4 Å². The van der Waals surface area contributed by atoms with Crippen LogP contribution in [0.1, 0.15) is 12.5 Å². The first-order valence-electron chi connectivity index (χ1n) is 6.19. The molecule has 0 bridgehead atoms. The van der Waals surface area contributed by atoms with Crippen molar-refractivity contribution in [1.29, 1.82) is 0 Å². The quantitative estimate of drug-likeness (QED) is 0.725. The summed E-state index contributed by atoms with van der Waals surface area (Å²) in [6.45, 7) is 2.66. The zero-order valence-corrected chi connectivity index (χ0v) is 10.7. The number of carbonyl (C=O) groups excluding carboxylic acids is 1. The predicted molar refractivity (Wildman–Crippen MR) is 71.8 cm³/mol. The number of carbonyl (C=O) groups is 1. The molecule has 0 saturated carbocycles.